The third-order valence-corrected chi connectivity index (χ3v) is 5.88. The average Bonchev–Trinajstić information content (AvgIpc) is 3.14. The summed E-state index contributed by atoms with van der Waals surface area (Å²) in [6.07, 6.45) is 11.0. The van der Waals surface area contributed by atoms with Gasteiger partial charge >= 0.3 is 6.03 Å². The van der Waals surface area contributed by atoms with Gasteiger partial charge in [0.05, 0.1) is 11.7 Å². The first-order valence-corrected chi connectivity index (χ1v) is 9.81. The van der Waals surface area contributed by atoms with Gasteiger partial charge in [-0.3, -0.25) is 4.98 Å². The summed E-state index contributed by atoms with van der Waals surface area (Å²) < 4.78 is 0. The molecule has 7 heteroatoms. The number of carbonyl (C=O) groups is 1. The number of hydrogen-bond donors (Lipinski definition) is 3. The van der Waals surface area contributed by atoms with Gasteiger partial charge in [0, 0.05) is 54.0 Å². The smallest absolute Gasteiger partial charge is 0.315 e. The van der Waals surface area contributed by atoms with Crippen LogP contribution in [-0.2, 0) is 0 Å². The molecule has 2 fully saturated rings. The molecule has 1 aliphatic heterocycles. The molecule has 0 radical (unpaired) electrons. The number of amides is 2. The second-order valence-corrected chi connectivity index (χ2v) is 7.60. The van der Waals surface area contributed by atoms with E-state index in [0.29, 0.717) is 6.04 Å². The number of H-pyrrole nitrogens is 1. The van der Waals surface area contributed by atoms with Gasteiger partial charge in [0.2, 0.25) is 0 Å². The van der Waals surface area contributed by atoms with Crippen LogP contribution in [0.4, 0.5) is 10.5 Å². The zero-order valence-electron chi connectivity index (χ0n) is 15.2. The Morgan fingerprint density at radius 3 is 2.59 bits per heavy atom. The molecule has 2 amide bonds. The van der Waals surface area contributed by atoms with Crippen molar-refractivity contribution in [3.63, 3.8) is 0 Å². The van der Waals surface area contributed by atoms with Crippen molar-refractivity contribution in [2.45, 2.75) is 44.2 Å². The minimum absolute atomic E-state index is 0.00684. The lowest BCUT2D eigenvalue weighted by Crippen LogP contribution is -2.51. The highest BCUT2D eigenvalue weighted by atomic mass is 16.2. The van der Waals surface area contributed by atoms with E-state index in [4.69, 9.17) is 0 Å². The summed E-state index contributed by atoms with van der Waals surface area (Å²) in [5.74, 6) is 0. The minimum atomic E-state index is -0.00684. The predicted molar refractivity (Wildman–Crippen MR) is 106 cm³/mol. The molecule has 0 aromatic carbocycles. The number of aromatic nitrogens is 3. The van der Waals surface area contributed by atoms with Gasteiger partial charge in [0.25, 0.3) is 0 Å². The molecule has 3 N–H and O–H groups in total. The second kappa shape index (κ2) is 6.72. The largest absolute Gasteiger partial charge is 0.371 e. The summed E-state index contributed by atoms with van der Waals surface area (Å²) in [6.45, 7) is 1.84. The number of anilines is 1. The normalized spacial score (nSPS) is 18.6. The molecule has 0 bridgehead atoms. The molecular weight excluding hydrogens is 340 g/mol. The fraction of sp³-hybridized carbons (Fsp3) is 0.450. The van der Waals surface area contributed by atoms with Crippen LogP contribution in [0.3, 0.4) is 0 Å². The topological polar surface area (TPSA) is 85.9 Å². The number of rotatable bonds is 3. The van der Waals surface area contributed by atoms with E-state index in [2.05, 4.69) is 42.6 Å². The molecule has 1 aliphatic carbocycles. The molecule has 5 rings (SSSR count). The van der Waals surface area contributed by atoms with Crippen molar-refractivity contribution in [1.29, 1.82) is 0 Å². The molecule has 2 aliphatic rings. The summed E-state index contributed by atoms with van der Waals surface area (Å²) in [6, 6.07) is 4.77. The Kier molecular flexibility index (Phi) is 4.07. The molecule has 1 saturated heterocycles. The number of carbonyl (C=O) groups excluding carboxylic acids is 1. The van der Waals surface area contributed by atoms with E-state index < -0.39 is 0 Å². The fourth-order valence-electron chi connectivity index (χ4n) is 4.13. The van der Waals surface area contributed by atoms with Crippen molar-refractivity contribution >= 4 is 33.7 Å². The van der Waals surface area contributed by atoms with Crippen LogP contribution in [0.15, 0.2) is 30.7 Å². The van der Waals surface area contributed by atoms with Crippen LogP contribution in [0.25, 0.3) is 21.9 Å². The number of nitrogens with zero attached hydrogens (tertiary/aromatic N) is 3. The number of hydrogen-bond acceptors (Lipinski definition) is 4. The Hall–Kier alpha value is -2.83. The Balaban J connectivity index is 1.31. The molecule has 140 valence electrons. The van der Waals surface area contributed by atoms with E-state index in [-0.39, 0.29) is 12.1 Å². The van der Waals surface area contributed by atoms with Gasteiger partial charge in [0.15, 0.2) is 0 Å². The van der Waals surface area contributed by atoms with Gasteiger partial charge in [-0.1, -0.05) is 0 Å². The van der Waals surface area contributed by atoms with Crippen molar-refractivity contribution in [2.24, 2.45) is 0 Å². The molecule has 7 nitrogen and oxygen atoms in total. The maximum Gasteiger partial charge on any atom is 0.315 e. The Morgan fingerprint density at radius 1 is 1.07 bits per heavy atom. The number of aromatic amines is 1. The van der Waals surface area contributed by atoms with Crippen LogP contribution in [-0.4, -0.2) is 46.2 Å². The zero-order chi connectivity index (χ0) is 18.2. The van der Waals surface area contributed by atoms with E-state index in [0.717, 1.165) is 60.7 Å². The SMILES string of the molecule is O=C(NC1CCC1)NC1CCN(c2ccnc3cnc4[nH]ccc4c23)CC1. The summed E-state index contributed by atoms with van der Waals surface area (Å²) in [5, 5.41) is 8.47. The van der Waals surface area contributed by atoms with E-state index in [1.165, 1.54) is 12.1 Å². The van der Waals surface area contributed by atoms with E-state index in [9.17, 15) is 4.79 Å². The van der Waals surface area contributed by atoms with Gasteiger partial charge in [-0.2, -0.15) is 0 Å². The molecule has 3 aromatic rings. The Bertz CT molecular complexity index is 971. The summed E-state index contributed by atoms with van der Waals surface area (Å²) in [4.78, 5) is 26.6. The van der Waals surface area contributed by atoms with Crippen LogP contribution in [0.2, 0.25) is 0 Å². The molecular formula is C20H24N6O. The van der Waals surface area contributed by atoms with Gasteiger partial charge in [0.1, 0.15) is 5.65 Å². The maximum absolute atomic E-state index is 12.1. The molecule has 1 saturated carbocycles. The minimum Gasteiger partial charge on any atom is -0.371 e. The third kappa shape index (κ3) is 3.07. The average molecular weight is 364 g/mol. The predicted octanol–water partition coefficient (Wildman–Crippen LogP) is 2.93. The molecule has 27 heavy (non-hydrogen) atoms. The third-order valence-electron chi connectivity index (χ3n) is 5.88. The maximum atomic E-state index is 12.1. The number of fused-ring (bicyclic) bond motifs is 3. The van der Waals surface area contributed by atoms with Crippen LogP contribution in [0.5, 0.6) is 0 Å². The first-order chi connectivity index (χ1) is 13.3. The lowest BCUT2D eigenvalue weighted by molar-refractivity contribution is 0.222. The van der Waals surface area contributed by atoms with Crippen molar-refractivity contribution in [2.75, 3.05) is 18.0 Å². The van der Waals surface area contributed by atoms with Crippen LogP contribution in [0.1, 0.15) is 32.1 Å². The molecule has 0 unspecified atom stereocenters. The number of piperidine rings is 1. The molecule has 3 aromatic heterocycles. The van der Waals surface area contributed by atoms with Crippen molar-refractivity contribution in [3.8, 4) is 0 Å². The highest BCUT2D eigenvalue weighted by Crippen LogP contribution is 2.32. The lowest BCUT2D eigenvalue weighted by Gasteiger charge is -2.35. The Morgan fingerprint density at radius 2 is 1.85 bits per heavy atom. The molecule has 0 spiro atoms. The van der Waals surface area contributed by atoms with Crippen molar-refractivity contribution in [3.05, 3.63) is 30.7 Å². The van der Waals surface area contributed by atoms with Crippen LogP contribution >= 0.6 is 0 Å². The first kappa shape index (κ1) is 16.4. The molecule has 0 atom stereocenters. The van der Waals surface area contributed by atoms with Crippen molar-refractivity contribution in [1.82, 2.24) is 25.6 Å². The van der Waals surface area contributed by atoms with Gasteiger partial charge in [-0.15, -0.1) is 0 Å². The standard InChI is InChI=1S/C20H24N6O/c27-20(24-13-2-1-3-13)25-14-6-10-26(11-7-14)17-5-9-21-16-12-23-19-15(18(16)17)4-8-22-19/h4-5,8-9,12-14H,1-3,6-7,10-11H2,(H,22,23)(H2,24,25,27). The van der Waals surface area contributed by atoms with Crippen LogP contribution < -0.4 is 15.5 Å². The first-order valence-electron chi connectivity index (χ1n) is 9.81. The highest BCUT2D eigenvalue weighted by Gasteiger charge is 2.25. The second-order valence-electron chi connectivity index (χ2n) is 7.60. The zero-order valence-corrected chi connectivity index (χ0v) is 15.2. The Labute approximate surface area is 157 Å². The monoisotopic (exact) mass is 364 g/mol. The highest BCUT2D eigenvalue weighted by molar-refractivity contribution is 6.09. The summed E-state index contributed by atoms with van der Waals surface area (Å²) in [5.41, 5.74) is 3.00. The van der Waals surface area contributed by atoms with E-state index in [1.807, 2.05) is 18.6 Å². The van der Waals surface area contributed by atoms with Crippen molar-refractivity contribution < 1.29 is 4.79 Å². The number of pyridine rings is 2. The molecule has 4 heterocycles. The quantitative estimate of drug-likeness (QED) is 0.667. The van der Waals surface area contributed by atoms with Crippen LogP contribution in [0, 0.1) is 0 Å². The number of urea groups is 1. The van der Waals surface area contributed by atoms with Gasteiger partial charge < -0.3 is 20.5 Å². The fourth-order valence-corrected chi connectivity index (χ4v) is 4.13. The lowest BCUT2D eigenvalue weighted by atomic mass is 9.93. The summed E-state index contributed by atoms with van der Waals surface area (Å²) >= 11 is 0. The van der Waals surface area contributed by atoms with Gasteiger partial charge in [-0.25, -0.2) is 9.78 Å². The number of nitrogens with one attached hydrogen (secondary N) is 3. The summed E-state index contributed by atoms with van der Waals surface area (Å²) in [7, 11) is 0. The van der Waals surface area contributed by atoms with Gasteiger partial charge in [-0.05, 0) is 44.2 Å². The van der Waals surface area contributed by atoms with E-state index in [1.54, 1.807) is 0 Å². The van der Waals surface area contributed by atoms with E-state index >= 15 is 0 Å².